The van der Waals surface area contributed by atoms with Crippen LogP contribution < -0.4 is 0 Å². The topological polar surface area (TPSA) is 20.2 Å². The molecule has 2 aromatic rings. The lowest BCUT2D eigenvalue weighted by molar-refractivity contribution is 0.214. The second kappa shape index (κ2) is 5.51. The number of aliphatic hydroxyl groups is 1. The molecule has 1 atom stereocenters. The molecule has 1 unspecified atom stereocenters. The third-order valence-electron chi connectivity index (χ3n) is 2.81. The molecular formula is C14H11Br2FO. The number of hydrogen-bond donors (Lipinski definition) is 1. The average molecular weight is 374 g/mol. The summed E-state index contributed by atoms with van der Waals surface area (Å²) in [5.41, 5.74) is 1.89. The highest BCUT2D eigenvalue weighted by Crippen LogP contribution is 2.31. The minimum atomic E-state index is -0.972. The maximum atomic E-state index is 14.0. The summed E-state index contributed by atoms with van der Waals surface area (Å²) >= 11 is 6.48. The molecule has 0 radical (unpaired) electrons. The number of hydrogen-bond acceptors (Lipinski definition) is 1. The van der Waals surface area contributed by atoms with Gasteiger partial charge in [0.25, 0.3) is 0 Å². The summed E-state index contributed by atoms with van der Waals surface area (Å²) in [7, 11) is 0. The minimum Gasteiger partial charge on any atom is -0.384 e. The van der Waals surface area contributed by atoms with E-state index in [2.05, 4.69) is 31.9 Å². The normalized spacial score (nSPS) is 12.5. The number of aliphatic hydroxyl groups excluding tert-OH is 1. The molecule has 0 fully saturated rings. The van der Waals surface area contributed by atoms with Crippen LogP contribution in [0.1, 0.15) is 22.8 Å². The van der Waals surface area contributed by atoms with Gasteiger partial charge in [0.2, 0.25) is 0 Å². The number of halogens is 3. The first-order valence-electron chi connectivity index (χ1n) is 5.38. The lowest BCUT2D eigenvalue weighted by atomic mass is 9.97. The van der Waals surface area contributed by atoms with Crippen molar-refractivity contribution in [1.29, 1.82) is 0 Å². The first kappa shape index (κ1) is 13.7. The van der Waals surface area contributed by atoms with Crippen LogP contribution in [0.5, 0.6) is 0 Å². The zero-order valence-electron chi connectivity index (χ0n) is 9.62. The first-order chi connectivity index (χ1) is 8.50. The Bertz CT molecular complexity index is 582. The molecule has 4 heteroatoms. The molecule has 1 nitrogen and oxygen atoms in total. The predicted octanol–water partition coefficient (Wildman–Crippen LogP) is 4.74. The third-order valence-corrected chi connectivity index (χ3v) is 3.92. The fourth-order valence-electron chi connectivity index (χ4n) is 1.81. The molecule has 0 heterocycles. The highest BCUT2D eigenvalue weighted by atomic mass is 79.9. The van der Waals surface area contributed by atoms with Crippen LogP contribution >= 0.6 is 31.9 Å². The van der Waals surface area contributed by atoms with Gasteiger partial charge >= 0.3 is 0 Å². The van der Waals surface area contributed by atoms with E-state index in [9.17, 15) is 9.50 Å². The molecule has 94 valence electrons. The van der Waals surface area contributed by atoms with Gasteiger partial charge in [0.05, 0.1) is 4.47 Å². The Kier molecular flexibility index (Phi) is 4.20. The molecule has 0 bridgehead atoms. The predicted molar refractivity (Wildman–Crippen MR) is 77.0 cm³/mol. The molecule has 2 aromatic carbocycles. The van der Waals surface area contributed by atoms with Crippen LogP contribution in [0, 0.1) is 12.7 Å². The first-order valence-corrected chi connectivity index (χ1v) is 6.97. The van der Waals surface area contributed by atoms with Gasteiger partial charge in [0.15, 0.2) is 0 Å². The van der Waals surface area contributed by atoms with Crippen molar-refractivity contribution in [2.24, 2.45) is 0 Å². The van der Waals surface area contributed by atoms with E-state index in [1.807, 2.05) is 19.1 Å². The SMILES string of the molecule is Cc1ccc(Br)cc1C(O)c1cccc(Br)c1F. The molecule has 0 amide bonds. The van der Waals surface area contributed by atoms with Crippen LogP contribution in [0.15, 0.2) is 45.3 Å². The Balaban J connectivity index is 2.51. The number of aryl methyl sites for hydroxylation is 1. The summed E-state index contributed by atoms with van der Waals surface area (Å²) in [5.74, 6) is -0.427. The van der Waals surface area contributed by atoms with E-state index in [1.165, 1.54) is 0 Å². The standard InChI is InChI=1S/C14H11Br2FO/c1-8-5-6-9(15)7-11(8)14(18)10-3-2-4-12(16)13(10)17/h2-7,14,18H,1H3. The Labute approximate surface area is 122 Å². The summed E-state index contributed by atoms with van der Waals surface area (Å²) in [5, 5.41) is 10.3. The molecule has 0 aromatic heterocycles. The molecule has 0 aliphatic rings. The van der Waals surface area contributed by atoms with Crippen LogP contribution in [0.4, 0.5) is 4.39 Å². The van der Waals surface area contributed by atoms with E-state index >= 15 is 0 Å². The van der Waals surface area contributed by atoms with Gasteiger partial charge in [-0.2, -0.15) is 0 Å². The summed E-state index contributed by atoms with van der Waals surface area (Å²) in [4.78, 5) is 0. The van der Waals surface area contributed by atoms with Gasteiger partial charge in [0.1, 0.15) is 11.9 Å². The van der Waals surface area contributed by atoms with E-state index in [4.69, 9.17) is 0 Å². The Hall–Kier alpha value is -0.710. The van der Waals surface area contributed by atoms with Crippen molar-refractivity contribution >= 4 is 31.9 Å². The monoisotopic (exact) mass is 372 g/mol. The van der Waals surface area contributed by atoms with Gasteiger partial charge < -0.3 is 5.11 Å². The van der Waals surface area contributed by atoms with Gasteiger partial charge in [-0.1, -0.05) is 34.1 Å². The van der Waals surface area contributed by atoms with E-state index in [1.54, 1.807) is 24.3 Å². The Morgan fingerprint density at radius 3 is 2.56 bits per heavy atom. The third kappa shape index (κ3) is 2.66. The summed E-state index contributed by atoms with van der Waals surface area (Å²) in [6.07, 6.45) is -0.972. The molecule has 0 saturated heterocycles. The van der Waals surface area contributed by atoms with Crippen molar-refractivity contribution in [2.75, 3.05) is 0 Å². The largest absolute Gasteiger partial charge is 0.384 e. The van der Waals surface area contributed by atoms with Crippen LogP contribution in [-0.4, -0.2) is 5.11 Å². The van der Waals surface area contributed by atoms with Crippen molar-refractivity contribution in [2.45, 2.75) is 13.0 Å². The molecule has 0 aliphatic carbocycles. The summed E-state index contributed by atoms with van der Waals surface area (Å²) < 4.78 is 15.2. The number of rotatable bonds is 2. The van der Waals surface area contributed by atoms with Gasteiger partial charge in [-0.3, -0.25) is 0 Å². The van der Waals surface area contributed by atoms with Gasteiger partial charge in [-0.25, -0.2) is 4.39 Å². The molecule has 1 N–H and O–H groups in total. The molecule has 18 heavy (non-hydrogen) atoms. The maximum Gasteiger partial charge on any atom is 0.143 e. The van der Waals surface area contributed by atoms with Crippen molar-refractivity contribution in [3.05, 3.63) is 67.9 Å². The highest BCUT2D eigenvalue weighted by molar-refractivity contribution is 9.10. The zero-order chi connectivity index (χ0) is 13.3. The van der Waals surface area contributed by atoms with Crippen LogP contribution in [0.3, 0.4) is 0 Å². The Morgan fingerprint density at radius 2 is 1.83 bits per heavy atom. The number of benzene rings is 2. The second-order valence-corrected chi connectivity index (χ2v) is 5.82. The summed E-state index contributed by atoms with van der Waals surface area (Å²) in [6, 6.07) is 10.5. The van der Waals surface area contributed by atoms with Crippen molar-refractivity contribution in [3.8, 4) is 0 Å². The molecule has 0 saturated carbocycles. The second-order valence-electron chi connectivity index (χ2n) is 4.05. The fraction of sp³-hybridized carbons (Fsp3) is 0.143. The molecule has 0 aliphatic heterocycles. The fourth-order valence-corrected chi connectivity index (χ4v) is 2.57. The van der Waals surface area contributed by atoms with Gasteiger partial charge in [-0.15, -0.1) is 0 Å². The average Bonchev–Trinajstić information content (AvgIpc) is 2.35. The van der Waals surface area contributed by atoms with Crippen LogP contribution in [0.25, 0.3) is 0 Å². The van der Waals surface area contributed by atoms with Gasteiger partial charge in [0, 0.05) is 10.0 Å². The minimum absolute atomic E-state index is 0.269. The lowest BCUT2D eigenvalue weighted by Gasteiger charge is -2.16. The zero-order valence-corrected chi connectivity index (χ0v) is 12.8. The lowest BCUT2D eigenvalue weighted by Crippen LogP contribution is -2.05. The van der Waals surface area contributed by atoms with E-state index in [0.717, 1.165) is 10.0 Å². The Morgan fingerprint density at radius 1 is 1.11 bits per heavy atom. The quantitative estimate of drug-likeness (QED) is 0.805. The van der Waals surface area contributed by atoms with E-state index < -0.39 is 11.9 Å². The highest BCUT2D eigenvalue weighted by Gasteiger charge is 2.18. The maximum absolute atomic E-state index is 14.0. The van der Waals surface area contributed by atoms with Crippen molar-refractivity contribution in [1.82, 2.24) is 0 Å². The molecule has 2 rings (SSSR count). The summed E-state index contributed by atoms with van der Waals surface area (Å²) in [6.45, 7) is 1.89. The van der Waals surface area contributed by atoms with Gasteiger partial charge in [-0.05, 0) is 52.2 Å². The molecule has 0 spiro atoms. The van der Waals surface area contributed by atoms with Crippen LogP contribution in [0.2, 0.25) is 0 Å². The molecular weight excluding hydrogens is 363 g/mol. The van der Waals surface area contributed by atoms with Crippen LogP contribution in [-0.2, 0) is 0 Å². The van der Waals surface area contributed by atoms with E-state index in [0.29, 0.717) is 10.0 Å². The van der Waals surface area contributed by atoms with Crippen molar-refractivity contribution < 1.29 is 9.50 Å². The smallest absolute Gasteiger partial charge is 0.143 e. The van der Waals surface area contributed by atoms with E-state index in [-0.39, 0.29) is 5.56 Å². The van der Waals surface area contributed by atoms with Crippen molar-refractivity contribution in [3.63, 3.8) is 0 Å².